The van der Waals surface area contributed by atoms with Gasteiger partial charge in [-0.1, -0.05) is 0 Å². The van der Waals surface area contributed by atoms with Gasteiger partial charge in [0.05, 0.1) is 13.0 Å². The molecule has 1 aromatic heterocycles. The molecule has 33 heavy (non-hydrogen) atoms. The van der Waals surface area contributed by atoms with E-state index in [0.29, 0.717) is 4.68 Å². The Balaban J connectivity index is 1.30. The second-order valence-corrected chi connectivity index (χ2v) is 7.68. The normalized spacial score (nSPS) is 35.2. The van der Waals surface area contributed by atoms with E-state index in [-0.39, 0.29) is 36.4 Å². The van der Waals surface area contributed by atoms with Gasteiger partial charge in [0.25, 0.3) is 11.6 Å². The van der Waals surface area contributed by atoms with Gasteiger partial charge in [0.15, 0.2) is 17.7 Å². The zero-order chi connectivity index (χ0) is 23.4. The Labute approximate surface area is 183 Å². The van der Waals surface area contributed by atoms with Crippen molar-refractivity contribution < 1.29 is 39.4 Å². The van der Waals surface area contributed by atoms with Crippen LogP contribution in [0.15, 0.2) is 32.3 Å². The Morgan fingerprint density at radius 1 is 1.24 bits per heavy atom. The molecule has 0 radical (unpaired) electrons. The number of aliphatic hydroxyl groups excluding tert-OH is 4. The molecule has 0 amide bonds. The summed E-state index contributed by atoms with van der Waals surface area (Å²) in [6.45, 7) is -0.818. The average Bonchev–Trinajstić information content (AvgIpc) is 3.38. The van der Waals surface area contributed by atoms with Crippen LogP contribution in [0.1, 0.15) is 12.6 Å². The van der Waals surface area contributed by atoms with E-state index in [1.807, 2.05) is 4.98 Å². The summed E-state index contributed by atoms with van der Waals surface area (Å²) in [5, 5.41) is 51.8. The fourth-order valence-electron chi connectivity index (χ4n) is 4.03. The van der Waals surface area contributed by atoms with Crippen LogP contribution in [0.4, 0.5) is 0 Å². The number of aromatic nitrogens is 3. The smallest absolute Gasteiger partial charge is 0.347 e. The van der Waals surface area contributed by atoms with E-state index in [0.717, 1.165) is 6.20 Å². The van der Waals surface area contributed by atoms with Crippen LogP contribution in [0.5, 0.6) is 0 Å². The Hall–Kier alpha value is -3.31. The molecule has 0 spiro atoms. The topological polar surface area (TPSA) is 225 Å². The molecule has 2 saturated heterocycles. The number of hydrogen-bond acceptors (Lipinski definition) is 13. The second-order valence-electron chi connectivity index (χ2n) is 7.68. The quantitative estimate of drug-likeness (QED) is 0.247. The number of nitrogens with zero attached hydrogens (tertiary/aromatic N) is 4. The summed E-state index contributed by atoms with van der Waals surface area (Å²) in [6.07, 6.45) is -7.34. The minimum absolute atomic E-state index is 0.00436. The largest absolute Gasteiger partial charge is 0.505 e. The molecule has 5 rings (SSSR count). The lowest BCUT2D eigenvalue weighted by Crippen LogP contribution is -2.50. The summed E-state index contributed by atoms with van der Waals surface area (Å²) >= 11 is 0. The average molecular weight is 468 g/mol. The van der Waals surface area contributed by atoms with Crippen LogP contribution in [-0.4, -0.2) is 102 Å². The Morgan fingerprint density at radius 3 is 2.76 bits per heavy atom. The Bertz CT molecular complexity index is 1150. The third kappa shape index (κ3) is 3.47. The van der Waals surface area contributed by atoms with Gasteiger partial charge in [-0.3, -0.25) is 20.1 Å². The molecule has 178 valence electrons. The van der Waals surface area contributed by atoms with Gasteiger partial charge in [0.2, 0.25) is 12.3 Å². The number of nitrogens with one attached hydrogen (secondary N) is 2. The highest BCUT2D eigenvalue weighted by molar-refractivity contribution is 5.95. The van der Waals surface area contributed by atoms with Gasteiger partial charge < -0.3 is 39.4 Å². The SMILES string of the molecule is N=C1CC(OC[C@H]2O[C@@H](n3ncc(=O)[nH]c3=O)C(O)C2O)N2C(=N1)OC1C(O)=C(CO)O[C@H]12. The van der Waals surface area contributed by atoms with Crippen LogP contribution in [0.3, 0.4) is 0 Å². The molecule has 1 aromatic rings. The van der Waals surface area contributed by atoms with Crippen LogP contribution in [0.2, 0.25) is 0 Å². The predicted molar refractivity (Wildman–Crippen MR) is 103 cm³/mol. The van der Waals surface area contributed by atoms with Crippen molar-refractivity contribution in [2.75, 3.05) is 13.2 Å². The lowest BCUT2D eigenvalue weighted by molar-refractivity contribution is -0.130. The van der Waals surface area contributed by atoms with Crippen LogP contribution in [0.25, 0.3) is 0 Å². The van der Waals surface area contributed by atoms with E-state index in [9.17, 15) is 30.0 Å². The van der Waals surface area contributed by atoms with Gasteiger partial charge in [-0.15, -0.1) is 0 Å². The number of amidine groups is 2. The molecule has 2 fully saturated rings. The molecule has 0 bridgehead atoms. The summed E-state index contributed by atoms with van der Waals surface area (Å²) in [7, 11) is 0. The van der Waals surface area contributed by atoms with E-state index in [4.69, 9.17) is 24.4 Å². The summed E-state index contributed by atoms with van der Waals surface area (Å²) in [4.78, 5) is 30.6. The third-order valence-corrected chi connectivity index (χ3v) is 5.63. The fourth-order valence-corrected chi connectivity index (χ4v) is 4.03. The molecule has 4 aliphatic rings. The van der Waals surface area contributed by atoms with E-state index >= 15 is 0 Å². The number of H-pyrrole nitrogens is 1. The summed E-state index contributed by atoms with van der Waals surface area (Å²) in [6, 6.07) is -0.00965. The van der Waals surface area contributed by atoms with Crippen molar-refractivity contribution >= 4 is 11.9 Å². The standard InChI is InChI=1S/C17H20N6O10/c18-7-1-9(22-15-13(33-17(22)20-7)11(27)5(3-24)31-15)30-4-6-10(26)12(28)14(32-6)23-16(29)21-8(25)2-19-23/h2,6,9-10,12-15,18,24,26-28H,1,3-4H2,(H,21,25,29)/t6-,9?,10?,12?,13?,14-,15-/m1/s1. The highest BCUT2D eigenvalue weighted by Crippen LogP contribution is 2.38. The maximum atomic E-state index is 12.0. The molecule has 0 saturated carbocycles. The molecule has 4 unspecified atom stereocenters. The van der Waals surface area contributed by atoms with Crippen LogP contribution >= 0.6 is 0 Å². The summed E-state index contributed by atoms with van der Waals surface area (Å²) in [5.41, 5.74) is -1.65. The molecular formula is C17H20N6O10. The Morgan fingerprint density at radius 2 is 2.03 bits per heavy atom. The van der Waals surface area contributed by atoms with Gasteiger partial charge in [0.1, 0.15) is 43.2 Å². The van der Waals surface area contributed by atoms with Crippen molar-refractivity contribution in [1.82, 2.24) is 19.7 Å². The third-order valence-electron chi connectivity index (χ3n) is 5.63. The number of aliphatic imine (C=N–C) groups is 1. The first-order valence-electron chi connectivity index (χ1n) is 9.90. The molecular weight excluding hydrogens is 448 g/mol. The van der Waals surface area contributed by atoms with Crippen LogP contribution in [0, 0.1) is 5.41 Å². The molecule has 0 aliphatic carbocycles. The summed E-state index contributed by atoms with van der Waals surface area (Å²) in [5.74, 6) is -0.404. The van der Waals surface area contributed by atoms with Crippen LogP contribution in [-0.2, 0) is 18.9 Å². The number of fused-ring (bicyclic) bond motifs is 3. The van der Waals surface area contributed by atoms with Crippen molar-refractivity contribution in [3.05, 3.63) is 38.6 Å². The van der Waals surface area contributed by atoms with Crippen molar-refractivity contribution in [3.8, 4) is 0 Å². The molecule has 0 aromatic carbocycles. The maximum absolute atomic E-state index is 12.0. The first kappa shape index (κ1) is 21.5. The van der Waals surface area contributed by atoms with E-state index in [2.05, 4.69) is 10.1 Å². The monoisotopic (exact) mass is 468 g/mol. The van der Waals surface area contributed by atoms with Crippen molar-refractivity contribution in [2.45, 2.75) is 49.5 Å². The van der Waals surface area contributed by atoms with Crippen LogP contribution < -0.4 is 11.2 Å². The lowest BCUT2D eigenvalue weighted by Gasteiger charge is -2.34. The Kier molecular flexibility index (Phi) is 5.17. The van der Waals surface area contributed by atoms with Gasteiger partial charge in [-0.25, -0.2) is 4.79 Å². The van der Waals surface area contributed by atoms with Crippen molar-refractivity contribution in [2.24, 2.45) is 4.99 Å². The molecule has 16 nitrogen and oxygen atoms in total. The first-order valence-corrected chi connectivity index (χ1v) is 9.90. The molecule has 4 aliphatic heterocycles. The number of aliphatic hydroxyl groups is 4. The minimum Gasteiger partial charge on any atom is -0.505 e. The van der Waals surface area contributed by atoms with Gasteiger partial charge in [-0.05, 0) is 0 Å². The zero-order valence-corrected chi connectivity index (χ0v) is 16.8. The molecule has 16 heteroatoms. The maximum Gasteiger partial charge on any atom is 0.347 e. The first-order chi connectivity index (χ1) is 15.8. The zero-order valence-electron chi connectivity index (χ0n) is 16.8. The van der Waals surface area contributed by atoms with Crippen molar-refractivity contribution in [3.63, 3.8) is 0 Å². The highest BCUT2D eigenvalue weighted by atomic mass is 16.6. The fraction of sp³-hybridized carbons (Fsp3) is 0.588. The second kappa shape index (κ2) is 7.92. The van der Waals surface area contributed by atoms with E-state index < -0.39 is 61.0 Å². The number of hydrogen-bond donors (Lipinski definition) is 6. The van der Waals surface area contributed by atoms with Crippen molar-refractivity contribution in [1.29, 1.82) is 5.41 Å². The molecule has 6 N–H and O–H groups in total. The molecule has 7 atom stereocenters. The van der Waals surface area contributed by atoms with Gasteiger partial charge in [-0.2, -0.15) is 14.8 Å². The lowest BCUT2D eigenvalue weighted by atomic mass is 10.1. The number of rotatable bonds is 5. The van der Waals surface area contributed by atoms with Gasteiger partial charge in [0, 0.05) is 0 Å². The van der Waals surface area contributed by atoms with E-state index in [1.165, 1.54) is 4.90 Å². The van der Waals surface area contributed by atoms with Gasteiger partial charge >= 0.3 is 5.69 Å². The predicted octanol–water partition coefficient (Wildman–Crippen LogP) is -3.55. The number of aromatic amines is 1. The minimum atomic E-state index is -1.54. The molecule has 5 heterocycles. The highest BCUT2D eigenvalue weighted by Gasteiger charge is 2.55. The number of ether oxygens (including phenoxy) is 4. The summed E-state index contributed by atoms with van der Waals surface area (Å²) < 4.78 is 23.2. The van der Waals surface area contributed by atoms with E-state index in [1.54, 1.807) is 0 Å².